The summed E-state index contributed by atoms with van der Waals surface area (Å²) < 4.78 is 23.2. The molecule has 12 heteroatoms. The molecule has 0 spiro atoms. The number of ether oxygens (including phenoxy) is 1. The lowest BCUT2D eigenvalue weighted by atomic mass is 9.94. The zero-order chi connectivity index (χ0) is 33.3. The summed E-state index contributed by atoms with van der Waals surface area (Å²) in [5.41, 5.74) is 6.93. The van der Waals surface area contributed by atoms with Gasteiger partial charge in [-0.1, -0.05) is 18.2 Å². The summed E-state index contributed by atoms with van der Waals surface area (Å²) in [6.45, 7) is 10.9. The lowest BCUT2D eigenvalue weighted by Gasteiger charge is -2.46. The first-order valence-corrected chi connectivity index (χ1v) is 16.0. The Labute approximate surface area is 273 Å². The number of piperazine rings is 1. The third-order valence-corrected chi connectivity index (χ3v) is 9.08. The molecule has 3 N–H and O–H groups in total. The lowest BCUT2D eigenvalue weighted by Crippen LogP contribution is -2.60. The van der Waals surface area contributed by atoms with Crippen molar-refractivity contribution < 1.29 is 13.9 Å². The van der Waals surface area contributed by atoms with Gasteiger partial charge < -0.3 is 20.7 Å². The van der Waals surface area contributed by atoms with Crippen LogP contribution in [0.15, 0.2) is 66.5 Å². The molecule has 2 aromatic heterocycles. The van der Waals surface area contributed by atoms with Crippen molar-refractivity contribution in [1.82, 2.24) is 34.9 Å². The van der Waals surface area contributed by atoms with Gasteiger partial charge in [-0.2, -0.15) is 10.4 Å². The molecule has 6 rings (SSSR count). The van der Waals surface area contributed by atoms with Crippen molar-refractivity contribution in [3.05, 3.63) is 72.3 Å². The van der Waals surface area contributed by atoms with E-state index in [0.29, 0.717) is 60.2 Å². The highest BCUT2D eigenvalue weighted by molar-refractivity contribution is 5.99. The molecule has 2 aromatic carbocycles. The minimum Gasteiger partial charge on any atom is -0.457 e. The molecule has 2 aliphatic rings. The zero-order valence-electron chi connectivity index (χ0n) is 27.2. The van der Waals surface area contributed by atoms with E-state index in [1.54, 1.807) is 39.9 Å². The minimum absolute atomic E-state index is 0.117. The number of nitrogens with one attached hydrogen (secondary N) is 1. The average molecular weight is 638 g/mol. The predicted molar refractivity (Wildman–Crippen MR) is 178 cm³/mol. The first-order valence-electron chi connectivity index (χ1n) is 16.0. The maximum atomic E-state index is 15.7. The van der Waals surface area contributed by atoms with Crippen LogP contribution in [0.1, 0.15) is 46.6 Å². The number of halogens is 1. The number of benzene rings is 2. The number of hydrogen-bond donors (Lipinski definition) is 2. The molecule has 4 aromatic rings. The second-order valence-electron chi connectivity index (χ2n) is 13.0. The molecule has 4 heterocycles. The third-order valence-electron chi connectivity index (χ3n) is 9.08. The van der Waals surface area contributed by atoms with Gasteiger partial charge in [0, 0.05) is 55.4 Å². The van der Waals surface area contributed by atoms with Crippen LogP contribution in [-0.4, -0.2) is 79.3 Å². The van der Waals surface area contributed by atoms with Crippen LogP contribution in [0, 0.1) is 17.1 Å². The summed E-state index contributed by atoms with van der Waals surface area (Å²) in [5, 5.41) is 18.9. The molecule has 47 heavy (non-hydrogen) atoms. The second-order valence-corrected chi connectivity index (χ2v) is 13.0. The normalized spacial score (nSPS) is 21.1. The molecule has 2 saturated heterocycles. The molecule has 0 radical (unpaired) electrons. The van der Waals surface area contributed by atoms with Crippen LogP contribution in [0.2, 0.25) is 0 Å². The molecule has 1 amide bonds. The molecule has 2 aliphatic heterocycles. The Morgan fingerprint density at radius 3 is 2.68 bits per heavy atom. The number of amides is 1. The van der Waals surface area contributed by atoms with Gasteiger partial charge in [-0.3, -0.25) is 9.69 Å². The quantitative estimate of drug-likeness (QED) is 0.210. The average Bonchev–Trinajstić information content (AvgIpc) is 3.45. The number of nitrogens with two attached hydrogens (primary N) is 1. The summed E-state index contributed by atoms with van der Waals surface area (Å²) in [7, 11) is 0. The van der Waals surface area contributed by atoms with Gasteiger partial charge in [-0.15, -0.1) is 0 Å². The van der Waals surface area contributed by atoms with Crippen molar-refractivity contribution in [2.75, 3.05) is 31.9 Å². The van der Waals surface area contributed by atoms with Crippen molar-refractivity contribution in [1.29, 1.82) is 5.26 Å². The number of fused-ring (bicyclic) bond motifs is 1. The number of aromatic nitrogens is 4. The smallest absolute Gasteiger partial charge is 0.264 e. The van der Waals surface area contributed by atoms with Gasteiger partial charge >= 0.3 is 0 Å². The van der Waals surface area contributed by atoms with E-state index in [0.717, 1.165) is 13.1 Å². The van der Waals surface area contributed by atoms with E-state index in [1.807, 2.05) is 32.0 Å². The van der Waals surface area contributed by atoms with E-state index >= 15 is 4.39 Å². The standard InChI is InChI=1S/C35H40FN9O2/c1-22-19-44(23(2)18-39-22)35(3,4)16-24(17-37)34(46)43-14-8-9-25(20-43)45-33-30(32(38)40-21-41-33)31(42-45)28-13-12-27(15-29(28)36)47-26-10-6-5-7-11-26/h5-7,10-13,15-16,21-23,25,39H,8-9,14,18-20H2,1-4H3,(H2,38,40,41)/b24-16+/t22-,23+,25-/m1/s1. The highest BCUT2D eigenvalue weighted by Gasteiger charge is 2.36. The fraction of sp³-hybridized carbons (Fsp3) is 0.400. The maximum absolute atomic E-state index is 15.7. The van der Waals surface area contributed by atoms with Crippen LogP contribution in [0.4, 0.5) is 10.2 Å². The molecule has 244 valence electrons. The number of piperidine rings is 1. The second kappa shape index (κ2) is 13.1. The van der Waals surface area contributed by atoms with Crippen LogP contribution < -0.4 is 15.8 Å². The van der Waals surface area contributed by atoms with Gasteiger partial charge in [0.05, 0.1) is 11.4 Å². The highest BCUT2D eigenvalue weighted by atomic mass is 19.1. The number of para-hydroxylation sites is 1. The van der Waals surface area contributed by atoms with E-state index in [4.69, 9.17) is 15.6 Å². The summed E-state index contributed by atoms with van der Waals surface area (Å²) in [6, 6.07) is 16.2. The highest BCUT2D eigenvalue weighted by Crippen LogP contribution is 2.36. The van der Waals surface area contributed by atoms with Crippen LogP contribution in [0.25, 0.3) is 22.3 Å². The maximum Gasteiger partial charge on any atom is 0.264 e. The van der Waals surface area contributed by atoms with Crippen LogP contribution in [0.3, 0.4) is 0 Å². The molecule has 0 unspecified atom stereocenters. The molecular weight excluding hydrogens is 597 g/mol. The van der Waals surface area contributed by atoms with E-state index in [-0.39, 0.29) is 34.9 Å². The SMILES string of the molecule is C[C@@H]1CN(C(C)(C)/C=C(\C#N)C(=O)N2CCC[C@@H](n3nc(-c4ccc(Oc5ccccc5)cc4F)c4c(N)ncnc43)C2)[C@@H](C)CN1. The minimum atomic E-state index is -0.534. The van der Waals surface area contributed by atoms with Crippen molar-refractivity contribution in [3.63, 3.8) is 0 Å². The molecule has 3 atom stereocenters. The van der Waals surface area contributed by atoms with Gasteiger partial charge in [0.15, 0.2) is 5.65 Å². The van der Waals surface area contributed by atoms with E-state index in [1.165, 1.54) is 12.4 Å². The van der Waals surface area contributed by atoms with Crippen molar-refractivity contribution in [2.45, 2.75) is 64.2 Å². The van der Waals surface area contributed by atoms with Crippen LogP contribution in [-0.2, 0) is 4.79 Å². The van der Waals surface area contributed by atoms with Crippen LogP contribution >= 0.6 is 0 Å². The first-order chi connectivity index (χ1) is 22.6. The zero-order valence-corrected chi connectivity index (χ0v) is 27.2. The fourth-order valence-corrected chi connectivity index (χ4v) is 6.73. The number of rotatable bonds is 7. The van der Waals surface area contributed by atoms with E-state index in [9.17, 15) is 10.1 Å². The Morgan fingerprint density at radius 1 is 1.15 bits per heavy atom. The van der Waals surface area contributed by atoms with Gasteiger partial charge in [0.25, 0.3) is 5.91 Å². The van der Waals surface area contributed by atoms with E-state index in [2.05, 4.69) is 40.1 Å². The topological polar surface area (TPSA) is 138 Å². The number of nitrogen functional groups attached to an aromatic ring is 1. The molecule has 0 saturated carbocycles. The van der Waals surface area contributed by atoms with Gasteiger partial charge in [0.2, 0.25) is 0 Å². The van der Waals surface area contributed by atoms with Crippen LogP contribution in [0.5, 0.6) is 11.5 Å². The Kier molecular flexibility index (Phi) is 8.94. The van der Waals surface area contributed by atoms with Crippen molar-refractivity contribution >= 4 is 22.8 Å². The number of likely N-dealkylation sites (tertiary alicyclic amines) is 1. The largest absolute Gasteiger partial charge is 0.457 e. The first kappa shape index (κ1) is 32.1. The van der Waals surface area contributed by atoms with Gasteiger partial charge in [0.1, 0.15) is 46.8 Å². The lowest BCUT2D eigenvalue weighted by molar-refractivity contribution is -0.128. The number of anilines is 1. The summed E-state index contributed by atoms with van der Waals surface area (Å²) in [6.07, 6.45) is 4.57. The van der Waals surface area contributed by atoms with Gasteiger partial charge in [-0.05, 0) is 70.9 Å². The van der Waals surface area contributed by atoms with Gasteiger partial charge in [-0.25, -0.2) is 19.0 Å². The Hall–Kier alpha value is -4.86. The van der Waals surface area contributed by atoms with Crippen molar-refractivity contribution in [3.8, 4) is 28.8 Å². The summed E-state index contributed by atoms with van der Waals surface area (Å²) in [4.78, 5) is 26.5. The third kappa shape index (κ3) is 6.54. The molecular formula is C35H40FN9O2. The molecule has 0 bridgehead atoms. The Balaban J connectivity index is 1.28. The Morgan fingerprint density at radius 2 is 1.94 bits per heavy atom. The molecule has 2 fully saturated rings. The van der Waals surface area contributed by atoms with Crippen molar-refractivity contribution in [2.24, 2.45) is 0 Å². The predicted octanol–water partition coefficient (Wildman–Crippen LogP) is 5.08. The summed E-state index contributed by atoms with van der Waals surface area (Å²) in [5.74, 6) is 0.268. The van der Waals surface area contributed by atoms with E-state index < -0.39 is 11.4 Å². The number of carbonyl (C=O) groups is 1. The fourth-order valence-electron chi connectivity index (χ4n) is 6.73. The monoisotopic (exact) mass is 637 g/mol. The molecule has 0 aliphatic carbocycles. The number of carbonyl (C=O) groups excluding carboxylic acids is 1. The molecule has 11 nitrogen and oxygen atoms in total. The number of nitriles is 1. The number of nitrogens with zero attached hydrogens (tertiary/aromatic N) is 7. The number of hydrogen-bond acceptors (Lipinski definition) is 9. The Bertz CT molecular complexity index is 1850. The summed E-state index contributed by atoms with van der Waals surface area (Å²) >= 11 is 0.